The quantitative estimate of drug-likeness (QED) is 0.598. The molecule has 0 fully saturated rings. The van der Waals surface area contributed by atoms with Crippen LogP contribution in [0.5, 0.6) is 5.75 Å². The summed E-state index contributed by atoms with van der Waals surface area (Å²) in [7, 11) is 1.95. The Bertz CT molecular complexity index is 740. The van der Waals surface area contributed by atoms with E-state index in [4.69, 9.17) is 9.15 Å². The van der Waals surface area contributed by atoms with Crippen LogP contribution < -0.4 is 10.1 Å². The van der Waals surface area contributed by atoms with Gasteiger partial charge in [0.05, 0.1) is 9.83 Å². The molecule has 22 heavy (non-hydrogen) atoms. The molecule has 1 atom stereocenters. The van der Waals surface area contributed by atoms with E-state index in [1.807, 2.05) is 31.3 Å². The minimum Gasteiger partial charge on any atom is -0.481 e. The van der Waals surface area contributed by atoms with Crippen molar-refractivity contribution >= 4 is 33.4 Å². The largest absolute Gasteiger partial charge is 0.481 e. The van der Waals surface area contributed by atoms with Gasteiger partial charge in [-0.15, -0.1) is 0 Å². The van der Waals surface area contributed by atoms with E-state index in [1.165, 1.54) is 5.39 Å². The molecular weight excluding hydrogens is 389 g/mol. The Morgan fingerprint density at radius 2 is 2.00 bits per heavy atom. The van der Waals surface area contributed by atoms with Crippen molar-refractivity contribution in [3.05, 3.63) is 64.1 Å². The average Bonchev–Trinajstić information content (AvgIpc) is 3.07. The van der Waals surface area contributed by atoms with Crippen molar-refractivity contribution in [3.63, 3.8) is 0 Å². The monoisotopic (exact) mass is 407 g/mol. The maximum absolute atomic E-state index is 6.36. The molecule has 3 rings (SSSR count). The zero-order valence-corrected chi connectivity index (χ0v) is 14.5. The summed E-state index contributed by atoms with van der Waals surface area (Å²) in [5, 5.41) is 5.49. The van der Waals surface area contributed by atoms with Crippen molar-refractivity contribution in [2.24, 2.45) is 0 Å². The van der Waals surface area contributed by atoms with Crippen molar-refractivity contribution in [1.29, 1.82) is 0 Å². The number of ether oxygens (including phenoxy) is 1. The molecule has 0 saturated heterocycles. The molecule has 0 amide bonds. The number of hydrogen-bond donors (Lipinski definition) is 1. The predicted octanol–water partition coefficient (Wildman–Crippen LogP) is 4.77. The van der Waals surface area contributed by atoms with Crippen LogP contribution in [-0.4, -0.2) is 13.6 Å². The Morgan fingerprint density at radius 1 is 1.14 bits per heavy atom. The third-order valence-corrected chi connectivity index (χ3v) is 4.46. The molecule has 1 unspecified atom stereocenters. The van der Waals surface area contributed by atoms with Crippen LogP contribution >= 0.6 is 22.6 Å². The second-order valence-electron chi connectivity index (χ2n) is 5.11. The molecule has 0 spiro atoms. The van der Waals surface area contributed by atoms with Crippen molar-refractivity contribution in [1.82, 2.24) is 5.32 Å². The van der Waals surface area contributed by atoms with Crippen LogP contribution in [0.25, 0.3) is 10.8 Å². The van der Waals surface area contributed by atoms with E-state index in [0.717, 1.165) is 33.4 Å². The number of rotatable bonds is 6. The minimum atomic E-state index is -0.0956. The second-order valence-corrected chi connectivity index (χ2v) is 6.27. The normalized spacial score (nSPS) is 12.5. The highest BCUT2D eigenvalue weighted by atomic mass is 127. The molecule has 3 aromatic rings. The highest BCUT2D eigenvalue weighted by molar-refractivity contribution is 14.1. The lowest BCUT2D eigenvalue weighted by molar-refractivity contribution is 0.167. The Labute approximate surface area is 143 Å². The van der Waals surface area contributed by atoms with Crippen LogP contribution in [-0.2, 0) is 0 Å². The first-order valence-corrected chi connectivity index (χ1v) is 8.39. The molecule has 0 aliphatic heterocycles. The first kappa shape index (κ1) is 15.4. The molecular formula is C18H18INO2. The number of hydrogen-bond acceptors (Lipinski definition) is 3. The highest BCUT2D eigenvalue weighted by Gasteiger charge is 2.18. The van der Waals surface area contributed by atoms with Crippen LogP contribution in [0.1, 0.15) is 18.3 Å². The van der Waals surface area contributed by atoms with Gasteiger partial charge in [0.15, 0.2) is 6.10 Å². The number of furan rings is 1. The first-order valence-electron chi connectivity index (χ1n) is 7.31. The summed E-state index contributed by atoms with van der Waals surface area (Å²) in [5.74, 6) is 1.79. The first-order chi connectivity index (χ1) is 10.8. The highest BCUT2D eigenvalue weighted by Crippen LogP contribution is 2.35. The van der Waals surface area contributed by atoms with Gasteiger partial charge in [-0.1, -0.05) is 30.3 Å². The smallest absolute Gasteiger partial charge is 0.157 e. The molecule has 0 saturated carbocycles. The zero-order valence-electron chi connectivity index (χ0n) is 12.4. The molecule has 1 aromatic heterocycles. The second kappa shape index (κ2) is 7.15. The predicted molar refractivity (Wildman–Crippen MR) is 97.3 cm³/mol. The van der Waals surface area contributed by atoms with Crippen molar-refractivity contribution < 1.29 is 9.15 Å². The van der Waals surface area contributed by atoms with Gasteiger partial charge in [-0.05, 0) is 59.8 Å². The number of halogens is 1. The number of fused-ring (bicyclic) bond motifs is 1. The molecule has 2 aromatic carbocycles. The van der Waals surface area contributed by atoms with E-state index in [2.05, 4.69) is 52.2 Å². The fourth-order valence-corrected chi connectivity index (χ4v) is 3.09. The molecule has 3 nitrogen and oxygen atoms in total. The summed E-state index contributed by atoms with van der Waals surface area (Å²) in [6, 6.07) is 16.4. The Balaban J connectivity index is 1.97. The van der Waals surface area contributed by atoms with Gasteiger partial charge in [0.2, 0.25) is 0 Å². The third kappa shape index (κ3) is 3.28. The Morgan fingerprint density at radius 3 is 2.77 bits per heavy atom. The third-order valence-electron chi connectivity index (χ3n) is 3.61. The van der Waals surface area contributed by atoms with Gasteiger partial charge in [-0.25, -0.2) is 0 Å². The molecule has 4 heteroatoms. The lowest BCUT2D eigenvalue weighted by atomic mass is 10.1. The van der Waals surface area contributed by atoms with E-state index in [0.29, 0.717) is 0 Å². The lowest BCUT2D eigenvalue weighted by Gasteiger charge is -2.19. The van der Waals surface area contributed by atoms with Crippen molar-refractivity contribution in [2.75, 3.05) is 13.6 Å². The van der Waals surface area contributed by atoms with Gasteiger partial charge < -0.3 is 14.5 Å². The SMILES string of the molecule is CNCCC(Oc1c(I)ccc2ccccc12)c1ccco1. The van der Waals surface area contributed by atoms with Crippen LogP contribution in [0.2, 0.25) is 0 Å². The molecule has 0 aliphatic rings. The summed E-state index contributed by atoms with van der Waals surface area (Å²) < 4.78 is 13.0. The summed E-state index contributed by atoms with van der Waals surface area (Å²) in [4.78, 5) is 0. The van der Waals surface area contributed by atoms with E-state index < -0.39 is 0 Å². The molecule has 1 heterocycles. The van der Waals surface area contributed by atoms with Crippen LogP contribution in [0.4, 0.5) is 0 Å². The van der Waals surface area contributed by atoms with Crippen molar-refractivity contribution in [2.45, 2.75) is 12.5 Å². The maximum Gasteiger partial charge on any atom is 0.157 e. The van der Waals surface area contributed by atoms with E-state index in [1.54, 1.807) is 6.26 Å². The fraction of sp³-hybridized carbons (Fsp3) is 0.222. The maximum atomic E-state index is 6.36. The summed E-state index contributed by atoms with van der Waals surface area (Å²) in [6.45, 7) is 0.868. The summed E-state index contributed by atoms with van der Waals surface area (Å²) in [5.41, 5.74) is 0. The van der Waals surface area contributed by atoms with Crippen LogP contribution in [0, 0.1) is 3.57 Å². The number of benzene rings is 2. The molecule has 0 radical (unpaired) electrons. The van der Waals surface area contributed by atoms with Gasteiger partial charge in [-0.3, -0.25) is 0 Å². The Hall–Kier alpha value is -1.53. The van der Waals surface area contributed by atoms with Gasteiger partial charge in [0, 0.05) is 11.8 Å². The van der Waals surface area contributed by atoms with E-state index in [9.17, 15) is 0 Å². The molecule has 1 N–H and O–H groups in total. The Kier molecular flexibility index (Phi) is 5.00. The van der Waals surface area contributed by atoms with Gasteiger partial charge >= 0.3 is 0 Å². The number of nitrogens with one attached hydrogen (secondary N) is 1. The lowest BCUT2D eigenvalue weighted by Crippen LogP contribution is -2.16. The van der Waals surface area contributed by atoms with Crippen LogP contribution in [0.15, 0.2) is 59.2 Å². The molecule has 0 aliphatic carbocycles. The van der Waals surface area contributed by atoms with Crippen molar-refractivity contribution in [3.8, 4) is 5.75 Å². The van der Waals surface area contributed by atoms with E-state index in [-0.39, 0.29) is 6.10 Å². The standard InChI is InChI=1S/C18H18INO2/c1-20-11-10-17(16-7-4-12-21-16)22-18-14-6-3-2-5-13(14)8-9-15(18)19/h2-9,12,17,20H,10-11H2,1H3. The van der Waals surface area contributed by atoms with Gasteiger partial charge in [0.1, 0.15) is 11.5 Å². The van der Waals surface area contributed by atoms with Gasteiger partial charge in [-0.2, -0.15) is 0 Å². The topological polar surface area (TPSA) is 34.4 Å². The summed E-state index contributed by atoms with van der Waals surface area (Å²) >= 11 is 2.33. The van der Waals surface area contributed by atoms with Gasteiger partial charge in [0.25, 0.3) is 0 Å². The zero-order chi connectivity index (χ0) is 15.4. The minimum absolute atomic E-state index is 0.0956. The average molecular weight is 407 g/mol. The summed E-state index contributed by atoms with van der Waals surface area (Å²) in [6.07, 6.45) is 2.45. The van der Waals surface area contributed by atoms with E-state index >= 15 is 0 Å². The van der Waals surface area contributed by atoms with Crippen LogP contribution in [0.3, 0.4) is 0 Å². The molecule has 114 valence electrons. The molecule has 0 bridgehead atoms. The fourth-order valence-electron chi connectivity index (χ4n) is 2.49.